The minimum atomic E-state index is -4.78. The Morgan fingerprint density at radius 3 is 2.48 bits per heavy atom. The highest BCUT2D eigenvalue weighted by atomic mass is 32.2. The van der Waals surface area contributed by atoms with Crippen molar-refractivity contribution in [1.82, 2.24) is 4.72 Å². The van der Waals surface area contributed by atoms with Crippen LogP contribution in [0.15, 0.2) is 42.5 Å². The van der Waals surface area contributed by atoms with Gasteiger partial charge in [0.1, 0.15) is 18.1 Å². The number of sulfonamides is 1. The van der Waals surface area contributed by atoms with Crippen molar-refractivity contribution >= 4 is 10.0 Å². The molecule has 0 fully saturated rings. The SMILES string of the molecule is CC(C)S(=O)(=O)N[C@H]1Cc2ccc(OCc3ccccc3OC(F)(F)F)cc2C1. The zero-order chi connectivity index (χ0) is 21.2. The average molecular weight is 429 g/mol. The molecule has 2 aromatic carbocycles. The molecular formula is C20H22F3NO4S. The minimum Gasteiger partial charge on any atom is -0.489 e. The van der Waals surface area contributed by atoms with Crippen LogP contribution in [0.5, 0.6) is 11.5 Å². The number of benzene rings is 2. The molecule has 9 heteroatoms. The van der Waals surface area contributed by atoms with E-state index in [0.717, 1.165) is 11.1 Å². The first-order chi connectivity index (χ1) is 13.5. The summed E-state index contributed by atoms with van der Waals surface area (Å²) in [6, 6.07) is 11.0. The van der Waals surface area contributed by atoms with Crippen LogP contribution in [0.3, 0.4) is 0 Å². The Morgan fingerprint density at radius 2 is 1.79 bits per heavy atom. The third kappa shape index (κ3) is 5.63. The molecule has 2 aromatic rings. The number of para-hydroxylation sites is 1. The molecule has 0 aliphatic heterocycles. The van der Waals surface area contributed by atoms with E-state index in [1.165, 1.54) is 18.2 Å². The lowest BCUT2D eigenvalue weighted by Crippen LogP contribution is -2.39. The summed E-state index contributed by atoms with van der Waals surface area (Å²) in [5.74, 6) is 0.197. The van der Waals surface area contributed by atoms with Crippen molar-refractivity contribution in [2.75, 3.05) is 0 Å². The quantitative estimate of drug-likeness (QED) is 0.724. The molecule has 0 spiro atoms. The number of nitrogens with one attached hydrogen (secondary N) is 1. The summed E-state index contributed by atoms with van der Waals surface area (Å²) < 4.78 is 74.1. The van der Waals surface area contributed by atoms with Crippen LogP contribution in [0, 0.1) is 0 Å². The Morgan fingerprint density at radius 1 is 1.10 bits per heavy atom. The molecule has 0 saturated carbocycles. The van der Waals surface area contributed by atoms with Crippen LogP contribution in [0.4, 0.5) is 13.2 Å². The zero-order valence-electron chi connectivity index (χ0n) is 16.0. The first-order valence-electron chi connectivity index (χ1n) is 9.13. The van der Waals surface area contributed by atoms with Gasteiger partial charge in [-0.3, -0.25) is 0 Å². The van der Waals surface area contributed by atoms with E-state index in [2.05, 4.69) is 9.46 Å². The maximum absolute atomic E-state index is 12.5. The highest BCUT2D eigenvalue weighted by Crippen LogP contribution is 2.30. The van der Waals surface area contributed by atoms with Crippen LogP contribution in [0.2, 0.25) is 0 Å². The summed E-state index contributed by atoms with van der Waals surface area (Å²) in [4.78, 5) is 0. The van der Waals surface area contributed by atoms with E-state index in [-0.39, 0.29) is 24.0 Å². The van der Waals surface area contributed by atoms with Crippen molar-refractivity contribution in [2.24, 2.45) is 0 Å². The number of hydrogen-bond donors (Lipinski definition) is 1. The first-order valence-corrected chi connectivity index (χ1v) is 10.7. The van der Waals surface area contributed by atoms with Crippen LogP contribution < -0.4 is 14.2 Å². The van der Waals surface area contributed by atoms with Crippen LogP contribution >= 0.6 is 0 Å². The van der Waals surface area contributed by atoms with Crippen LogP contribution in [0.25, 0.3) is 0 Å². The number of fused-ring (bicyclic) bond motifs is 1. The topological polar surface area (TPSA) is 64.6 Å². The lowest BCUT2D eigenvalue weighted by atomic mass is 10.1. The van der Waals surface area contributed by atoms with Gasteiger partial charge in [-0.1, -0.05) is 24.3 Å². The fourth-order valence-corrected chi connectivity index (χ4v) is 4.05. The Labute approximate surface area is 167 Å². The van der Waals surface area contributed by atoms with Gasteiger partial charge in [-0.2, -0.15) is 0 Å². The molecule has 0 unspecified atom stereocenters. The molecular weight excluding hydrogens is 407 g/mol. The smallest absolute Gasteiger partial charge is 0.489 e. The molecule has 29 heavy (non-hydrogen) atoms. The molecule has 158 valence electrons. The van der Waals surface area contributed by atoms with Crippen molar-refractivity contribution in [1.29, 1.82) is 0 Å². The van der Waals surface area contributed by atoms with Crippen LogP contribution in [0.1, 0.15) is 30.5 Å². The molecule has 3 rings (SSSR count). The highest BCUT2D eigenvalue weighted by Gasteiger charge is 2.32. The molecule has 0 radical (unpaired) electrons. The van der Waals surface area contributed by atoms with Crippen molar-refractivity contribution in [3.05, 3.63) is 59.2 Å². The highest BCUT2D eigenvalue weighted by molar-refractivity contribution is 7.90. The van der Waals surface area contributed by atoms with Crippen LogP contribution in [-0.4, -0.2) is 26.1 Å². The maximum atomic E-state index is 12.5. The van der Waals surface area contributed by atoms with Gasteiger partial charge in [-0.15, -0.1) is 13.2 Å². The summed E-state index contributed by atoms with van der Waals surface area (Å²) in [5, 5.41) is -0.510. The molecule has 1 atom stereocenters. The van der Waals surface area contributed by atoms with Gasteiger partial charge in [0.05, 0.1) is 5.25 Å². The van der Waals surface area contributed by atoms with E-state index in [1.54, 1.807) is 32.0 Å². The van der Waals surface area contributed by atoms with E-state index >= 15 is 0 Å². The second-order valence-corrected chi connectivity index (χ2v) is 9.46. The number of alkyl halides is 3. The monoisotopic (exact) mass is 429 g/mol. The molecule has 1 aliphatic rings. The van der Waals surface area contributed by atoms with Crippen molar-refractivity contribution < 1.29 is 31.1 Å². The van der Waals surface area contributed by atoms with Crippen molar-refractivity contribution in [2.45, 2.75) is 51.0 Å². The molecule has 0 aromatic heterocycles. The van der Waals surface area contributed by atoms with E-state index in [4.69, 9.17) is 4.74 Å². The summed E-state index contributed by atoms with van der Waals surface area (Å²) in [6.07, 6.45) is -3.65. The molecule has 1 aliphatic carbocycles. The van der Waals surface area contributed by atoms with E-state index in [1.807, 2.05) is 6.07 Å². The Hall–Kier alpha value is -2.26. The van der Waals surface area contributed by atoms with E-state index < -0.39 is 21.6 Å². The summed E-state index contributed by atoms with van der Waals surface area (Å²) in [7, 11) is -3.36. The second kappa shape index (κ2) is 8.23. The van der Waals surface area contributed by atoms with Gasteiger partial charge >= 0.3 is 6.36 Å². The van der Waals surface area contributed by atoms with Gasteiger partial charge in [-0.25, -0.2) is 13.1 Å². The second-order valence-electron chi connectivity index (χ2n) is 7.19. The molecule has 5 nitrogen and oxygen atoms in total. The molecule has 0 saturated heterocycles. The molecule has 0 bridgehead atoms. The van der Waals surface area contributed by atoms with E-state index in [9.17, 15) is 21.6 Å². The predicted molar refractivity (Wildman–Crippen MR) is 102 cm³/mol. The van der Waals surface area contributed by atoms with Crippen molar-refractivity contribution in [3.8, 4) is 11.5 Å². The van der Waals surface area contributed by atoms with Gasteiger partial charge in [0.2, 0.25) is 10.0 Å². The number of halogens is 3. The first kappa shape index (κ1) is 21.4. The third-order valence-electron chi connectivity index (χ3n) is 4.65. The van der Waals surface area contributed by atoms with E-state index in [0.29, 0.717) is 18.6 Å². The summed E-state index contributed by atoms with van der Waals surface area (Å²) in [6.45, 7) is 3.15. The maximum Gasteiger partial charge on any atom is 0.573 e. The zero-order valence-corrected chi connectivity index (χ0v) is 16.8. The Balaban J connectivity index is 1.66. The minimum absolute atomic E-state index is 0.0888. The molecule has 0 amide bonds. The number of rotatable bonds is 7. The van der Waals surface area contributed by atoms with Crippen molar-refractivity contribution in [3.63, 3.8) is 0 Å². The van der Waals surface area contributed by atoms with Gasteiger partial charge in [0.15, 0.2) is 0 Å². The van der Waals surface area contributed by atoms with Gasteiger partial charge < -0.3 is 9.47 Å². The average Bonchev–Trinajstić information content (AvgIpc) is 3.00. The van der Waals surface area contributed by atoms with Crippen LogP contribution in [-0.2, 0) is 29.5 Å². The third-order valence-corrected chi connectivity index (χ3v) is 6.56. The largest absolute Gasteiger partial charge is 0.573 e. The van der Waals surface area contributed by atoms with Gasteiger partial charge in [0.25, 0.3) is 0 Å². The fraction of sp³-hybridized carbons (Fsp3) is 0.400. The lowest BCUT2D eigenvalue weighted by Gasteiger charge is -2.14. The fourth-order valence-electron chi connectivity index (χ4n) is 3.14. The summed E-state index contributed by atoms with van der Waals surface area (Å²) in [5.41, 5.74) is 2.25. The van der Waals surface area contributed by atoms with Gasteiger partial charge in [-0.05, 0) is 56.0 Å². The standard InChI is InChI=1S/C20H22F3NO4S/c1-13(2)29(25,26)24-17-9-14-7-8-18(11-16(14)10-17)27-12-15-5-3-4-6-19(15)28-20(21,22)23/h3-8,11,13,17,24H,9-10,12H2,1-2H3/t17-/m0/s1. The number of hydrogen-bond acceptors (Lipinski definition) is 4. The Bertz CT molecular complexity index is 974. The van der Waals surface area contributed by atoms with Gasteiger partial charge in [0, 0.05) is 11.6 Å². The number of ether oxygens (including phenoxy) is 2. The molecule has 0 heterocycles. The normalized spacial score (nSPS) is 16.7. The lowest BCUT2D eigenvalue weighted by molar-refractivity contribution is -0.275. The molecule has 1 N–H and O–H groups in total. The summed E-state index contributed by atoms with van der Waals surface area (Å²) >= 11 is 0. The Kier molecular flexibility index (Phi) is 6.09. The predicted octanol–water partition coefficient (Wildman–Crippen LogP) is 3.96.